The van der Waals surface area contributed by atoms with Crippen LogP contribution in [-0.4, -0.2) is 35.1 Å². The Hall–Kier alpha value is -2.96. The largest absolute Gasteiger partial charge is 0.326 e. The third kappa shape index (κ3) is 3.82. The van der Waals surface area contributed by atoms with Crippen LogP contribution >= 0.6 is 0 Å². The second-order valence-electron chi connectivity index (χ2n) is 6.54. The van der Waals surface area contributed by atoms with Gasteiger partial charge in [-0.3, -0.25) is 24.1 Å². The molecule has 1 saturated heterocycles. The van der Waals surface area contributed by atoms with Gasteiger partial charge in [-0.1, -0.05) is 18.2 Å². The van der Waals surface area contributed by atoms with E-state index in [1.54, 1.807) is 24.3 Å². The van der Waals surface area contributed by atoms with E-state index >= 15 is 0 Å². The summed E-state index contributed by atoms with van der Waals surface area (Å²) in [7, 11) is 0. The van der Waals surface area contributed by atoms with E-state index in [0.717, 1.165) is 0 Å². The first-order valence-corrected chi connectivity index (χ1v) is 8.63. The van der Waals surface area contributed by atoms with Crippen LogP contribution in [0.2, 0.25) is 0 Å². The summed E-state index contributed by atoms with van der Waals surface area (Å²) in [6.07, 6.45) is 5.09. The highest BCUT2D eigenvalue weighted by molar-refractivity contribution is 6.06. The monoisotopic (exact) mass is 355 g/mol. The SMILES string of the molecule is CC(=O)Nc1cccc(NC(=O)CCN2C(=O)[C@H]3CC=CC[C@@H]3C2=O)c1. The first-order chi connectivity index (χ1) is 12.5. The second kappa shape index (κ2) is 7.51. The number of hydrogen-bond donors (Lipinski definition) is 2. The number of benzene rings is 1. The van der Waals surface area contributed by atoms with Gasteiger partial charge in [0.15, 0.2) is 0 Å². The first kappa shape index (κ1) is 17.8. The van der Waals surface area contributed by atoms with Crippen LogP contribution in [0.5, 0.6) is 0 Å². The molecule has 2 atom stereocenters. The van der Waals surface area contributed by atoms with Gasteiger partial charge in [0, 0.05) is 31.3 Å². The van der Waals surface area contributed by atoms with E-state index in [1.807, 2.05) is 12.2 Å². The third-order valence-corrected chi connectivity index (χ3v) is 4.63. The molecule has 0 bridgehead atoms. The lowest BCUT2D eigenvalue weighted by molar-refractivity contribution is -0.140. The van der Waals surface area contributed by atoms with E-state index in [2.05, 4.69) is 10.6 Å². The maximum atomic E-state index is 12.4. The first-order valence-electron chi connectivity index (χ1n) is 8.63. The predicted molar refractivity (Wildman–Crippen MR) is 96.1 cm³/mol. The summed E-state index contributed by atoms with van der Waals surface area (Å²) in [5.41, 5.74) is 1.12. The number of fused-ring (bicyclic) bond motifs is 1. The minimum Gasteiger partial charge on any atom is -0.326 e. The number of nitrogens with one attached hydrogen (secondary N) is 2. The maximum absolute atomic E-state index is 12.4. The van der Waals surface area contributed by atoms with Gasteiger partial charge < -0.3 is 10.6 Å². The molecular formula is C19H21N3O4. The van der Waals surface area contributed by atoms with Gasteiger partial charge in [-0.15, -0.1) is 0 Å². The second-order valence-corrected chi connectivity index (χ2v) is 6.54. The Labute approximate surface area is 151 Å². The number of amides is 4. The summed E-state index contributed by atoms with van der Waals surface area (Å²) in [4.78, 5) is 49.2. The molecule has 1 aromatic rings. The van der Waals surface area contributed by atoms with E-state index in [0.29, 0.717) is 24.2 Å². The molecule has 0 unspecified atom stereocenters. The number of rotatable bonds is 5. The van der Waals surface area contributed by atoms with Gasteiger partial charge in [0.25, 0.3) is 0 Å². The topological polar surface area (TPSA) is 95.6 Å². The highest BCUT2D eigenvalue weighted by Gasteiger charge is 2.46. The summed E-state index contributed by atoms with van der Waals surface area (Å²) in [6.45, 7) is 1.49. The van der Waals surface area contributed by atoms with Crippen LogP contribution in [0.25, 0.3) is 0 Å². The van der Waals surface area contributed by atoms with Crippen molar-refractivity contribution in [2.24, 2.45) is 11.8 Å². The molecule has 0 spiro atoms. The van der Waals surface area contributed by atoms with Crippen molar-refractivity contribution in [3.63, 3.8) is 0 Å². The number of nitrogens with zero attached hydrogens (tertiary/aromatic N) is 1. The molecule has 7 nitrogen and oxygen atoms in total. The summed E-state index contributed by atoms with van der Waals surface area (Å²) in [5.74, 6) is -1.39. The molecule has 1 heterocycles. The van der Waals surface area contributed by atoms with Crippen molar-refractivity contribution in [3.8, 4) is 0 Å². The van der Waals surface area contributed by atoms with Crippen molar-refractivity contribution >= 4 is 35.0 Å². The van der Waals surface area contributed by atoms with Gasteiger partial charge in [-0.05, 0) is 31.0 Å². The normalized spacial score (nSPS) is 21.5. The van der Waals surface area contributed by atoms with Gasteiger partial charge in [0.1, 0.15) is 0 Å². The lowest BCUT2D eigenvalue weighted by Crippen LogP contribution is -2.34. The van der Waals surface area contributed by atoms with E-state index < -0.39 is 0 Å². The average molecular weight is 355 g/mol. The van der Waals surface area contributed by atoms with Crippen LogP contribution in [0.4, 0.5) is 11.4 Å². The zero-order chi connectivity index (χ0) is 18.7. The van der Waals surface area contributed by atoms with Gasteiger partial charge in [-0.2, -0.15) is 0 Å². The lowest BCUT2D eigenvalue weighted by atomic mass is 9.85. The highest BCUT2D eigenvalue weighted by Crippen LogP contribution is 2.35. The number of carbonyl (C=O) groups excluding carboxylic acids is 4. The van der Waals surface area contributed by atoms with Gasteiger partial charge >= 0.3 is 0 Å². The summed E-state index contributed by atoms with van der Waals surface area (Å²) in [5, 5.41) is 5.36. The fraction of sp³-hybridized carbons (Fsp3) is 0.368. The van der Waals surface area contributed by atoms with E-state index in [9.17, 15) is 19.2 Å². The van der Waals surface area contributed by atoms with Crippen LogP contribution < -0.4 is 10.6 Å². The molecule has 136 valence electrons. The van der Waals surface area contributed by atoms with Crippen LogP contribution in [0.3, 0.4) is 0 Å². The molecule has 4 amide bonds. The fourth-order valence-electron chi connectivity index (χ4n) is 3.40. The van der Waals surface area contributed by atoms with Crippen molar-refractivity contribution in [2.45, 2.75) is 26.2 Å². The molecule has 2 N–H and O–H groups in total. The zero-order valence-corrected chi connectivity index (χ0v) is 14.5. The Balaban J connectivity index is 1.55. The number of carbonyl (C=O) groups is 4. The Morgan fingerprint density at radius 2 is 1.62 bits per heavy atom. The number of allylic oxidation sites excluding steroid dienone is 2. The minimum absolute atomic E-state index is 0.0364. The molecule has 0 aromatic heterocycles. The van der Waals surface area contributed by atoms with E-state index in [4.69, 9.17) is 0 Å². The van der Waals surface area contributed by atoms with Crippen molar-refractivity contribution in [1.82, 2.24) is 4.90 Å². The number of imide groups is 1. The molecule has 0 saturated carbocycles. The molecule has 2 aliphatic rings. The highest BCUT2D eigenvalue weighted by atomic mass is 16.2. The van der Waals surface area contributed by atoms with Crippen LogP contribution in [0, 0.1) is 11.8 Å². The molecule has 1 aliphatic carbocycles. The fourth-order valence-corrected chi connectivity index (χ4v) is 3.40. The molecule has 1 fully saturated rings. The third-order valence-electron chi connectivity index (χ3n) is 4.63. The van der Waals surface area contributed by atoms with Crippen molar-refractivity contribution < 1.29 is 19.2 Å². The Kier molecular flexibility index (Phi) is 5.16. The Morgan fingerprint density at radius 1 is 1.04 bits per heavy atom. The molecule has 1 aliphatic heterocycles. The van der Waals surface area contributed by atoms with Gasteiger partial charge in [-0.25, -0.2) is 0 Å². The zero-order valence-electron chi connectivity index (χ0n) is 14.5. The van der Waals surface area contributed by atoms with Crippen molar-refractivity contribution in [1.29, 1.82) is 0 Å². The molecule has 1 aromatic carbocycles. The molecule has 0 radical (unpaired) electrons. The van der Waals surface area contributed by atoms with Crippen LogP contribution in [-0.2, 0) is 19.2 Å². The number of hydrogen-bond acceptors (Lipinski definition) is 4. The summed E-state index contributed by atoms with van der Waals surface area (Å²) >= 11 is 0. The van der Waals surface area contributed by atoms with Crippen molar-refractivity contribution in [3.05, 3.63) is 36.4 Å². The molecule has 26 heavy (non-hydrogen) atoms. The maximum Gasteiger partial charge on any atom is 0.233 e. The van der Waals surface area contributed by atoms with Gasteiger partial charge in [0.05, 0.1) is 11.8 Å². The quantitative estimate of drug-likeness (QED) is 0.623. The number of anilines is 2. The number of likely N-dealkylation sites (tertiary alicyclic amines) is 1. The molecular weight excluding hydrogens is 334 g/mol. The minimum atomic E-state index is -0.293. The smallest absolute Gasteiger partial charge is 0.233 e. The standard InChI is InChI=1S/C19H21N3O4/c1-12(23)20-13-5-4-6-14(11-13)21-17(24)9-10-22-18(25)15-7-2-3-8-16(15)19(22)26/h2-6,11,15-16H,7-10H2,1H3,(H,20,23)(H,21,24)/t15-,16-/m0/s1. The predicted octanol–water partition coefficient (Wildman–Crippen LogP) is 1.92. The van der Waals surface area contributed by atoms with Crippen LogP contribution in [0.1, 0.15) is 26.2 Å². The summed E-state index contributed by atoms with van der Waals surface area (Å²) in [6, 6.07) is 6.78. The van der Waals surface area contributed by atoms with Gasteiger partial charge in [0.2, 0.25) is 23.6 Å². The van der Waals surface area contributed by atoms with E-state index in [1.165, 1.54) is 11.8 Å². The van der Waals surface area contributed by atoms with Crippen molar-refractivity contribution in [2.75, 3.05) is 17.2 Å². The molecule has 7 heteroatoms. The Morgan fingerprint density at radius 3 is 2.19 bits per heavy atom. The molecule has 3 rings (SSSR count). The summed E-state index contributed by atoms with van der Waals surface area (Å²) < 4.78 is 0. The van der Waals surface area contributed by atoms with Crippen LogP contribution in [0.15, 0.2) is 36.4 Å². The van der Waals surface area contributed by atoms with E-state index in [-0.39, 0.29) is 48.4 Å². The average Bonchev–Trinajstić information content (AvgIpc) is 2.84. The Bertz CT molecular complexity index is 761. The lowest BCUT2D eigenvalue weighted by Gasteiger charge is -2.14.